The van der Waals surface area contributed by atoms with Gasteiger partial charge in [-0.1, -0.05) is 30.0 Å². The van der Waals surface area contributed by atoms with E-state index in [-0.39, 0.29) is 18.0 Å². The van der Waals surface area contributed by atoms with E-state index in [4.69, 9.17) is 10.00 Å². The minimum absolute atomic E-state index is 0.0150. The zero-order chi connectivity index (χ0) is 25.4. The number of nitrogens with one attached hydrogen (secondary N) is 2. The van der Waals surface area contributed by atoms with Crippen LogP contribution in [0.1, 0.15) is 24.4 Å². The molecule has 1 saturated heterocycles. The molecule has 1 fully saturated rings. The molecule has 2 atom stereocenters. The van der Waals surface area contributed by atoms with Crippen LogP contribution in [0.4, 0.5) is 16.2 Å². The molecule has 1 aromatic heterocycles. The summed E-state index contributed by atoms with van der Waals surface area (Å²) in [5, 5.41) is 15.5. The lowest BCUT2D eigenvalue weighted by Crippen LogP contribution is -2.51. The normalized spacial score (nSPS) is 20.6. The molecule has 4 heterocycles. The van der Waals surface area contributed by atoms with Crippen molar-refractivity contribution < 1.29 is 14.3 Å². The van der Waals surface area contributed by atoms with E-state index in [9.17, 15) is 9.59 Å². The average Bonchev–Trinajstić information content (AvgIpc) is 3.30. The maximum absolute atomic E-state index is 13.3. The smallest absolute Gasteiger partial charge is 0.327 e. The molecular weight excluding hydrogens is 488 g/mol. The van der Waals surface area contributed by atoms with E-state index < -0.39 is 11.3 Å². The molecule has 0 saturated carbocycles. The zero-order valence-corrected chi connectivity index (χ0v) is 20.6. The highest BCUT2D eigenvalue weighted by atomic mass is 32.2. The van der Waals surface area contributed by atoms with Crippen molar-refractivity contribution in [2.75, 3.05) is 18.0 Å². The van der Waals surface area contributed by atoms with Crippen molar-refractivity contribution >= 4 is 35.1 Å². The van der Waals surface area contributed by atoms with Crippen LogP contribution in [0.15, 0.2) is 71.9 Å². The molecule has 3 aromatic rings. The highest BCUT2D eigenvalue weighted by Gasteiger charge is 2.47. The van der Waals surface area contributed by atoms with Crippen molar-refractivity contribution in [3.05, 3.63) is 72.4 Å². The quantitative estimate of drug-likeness (QED) is 0.490. The number of likely N-dealkylation sites (tertiary alicyclic amines) is 1. The fourth-order valence-electron chi connectivity index (χ4n) is 4.98. The molecule has 9 nitrogen and oxygen atoms in total. The van der Waals surface area contributed by atoms with Gasteiger partial charge in [-0.2, -0.15) is 5.26 Å². The number of aromatic nitrogens is 1. The lowest BCUT2D eigenvalue weighted by atomic mass is 9.99. The van der Waals surface area contributed by atoms with Gasteiger partial charge < -0.3 is 20.3 Å². The summed E-state index contributed by atoms with van der Waals surface area (Å²) in [6, 6.07) is 17.9. The van der Waals surface area contributed by atoms with Crippen LogP contribution in [0.5, 0.6) is 11.5 Å². The van der Waals surface area contributed by atoms with Gasteiger partial charge in [-0.3, -0.25) is 9.69 Å². The third-order valence-electron chi connectivity index (χ3n) is 6.82. The number of nitriles is 1. The summed E-state index contributed by atoms with van der Waals surface area (Å²) in [7, 11) is 0. The number of amides is 3. The van der Waals surface area contributed by atoms with Gasteiger partial charge in [-0.15, -0.1) is 0 Å². The highest BCUT2D eigenvalue weighted by molar-refractivity contribution is 8.01. The van der Waals surface area contributed by atoms with Crippen molar-refractivity contribution in [1.29, 1.82) is 5.26 Å². The first-order chi connectivity index (χ1) is 18.1. The van der Waals surface area contributed by atoms with Crippen LogP contribution >= 0.6 is 11.8 Å². The van der Waals surface area contributed by atoms with Gasteiger partial charge in [0.05, 0.1) is 17.4 Å². The number of urea groups is 1. The highest BCUT2D eigenvalue weighted by Crippen LogP contribution is 2.50. The van der Waals surface area contributed by atoms with Gasteiger partial charge in [0.15, 0.2) is 6.19 Å². The predicted octanol–water partition coefficient (Wildman–Crippen LogP) is 4.31. The van der Waals surface area contributed by atoms with Crippen LogP contribution in [0.25, 0.3) is 0 Å². The number of anilines is 2. The average molecular weight is 513 g/mol. The molecular formula is C27H24N6O3S. The Labute approximate surface area is 218 Å². The first kappa shape index (κ1) is 23.2. The molecule has 0 radical (unpaired) electrons. The Morgan fingerprint density at radius 2 is 1.81 bits per heavy atom. The molecule has 3 amide bonds. The predicted molar refractivity (Wildman–Crippen MR) is 139 cm³/mol. The number of carbonyl (C=O) groups excluding carboxylic acids is 2. The summed E-state index contributed by atoms with van der Waals surface area (Å²) in [5.74, 6) is 1.28. The van der Waals surface area contributed by atoms with Crippen LogP contribution in [-0.4, -0.2) is 46.2 Å². The minimum Gasteiger partial charge on any atom is -0.457 e. The van der Waals surface area contributed by atoms with E-state index in [2.05, 4.69) is 21.8 Å². The first-order valence-corrected chi connectivity index (χ1v) is 13.0. The summed E-state index contributed by atoms with van der Waals surface area (Å²) < 4.78 is 5.88. The summed E-state index contributed by atoms with van der Waals surface area (Å²) in [4.78, 5) is 34.4. The maximum atomic E-state index is 13.3. The number of rotatable bonds is 5. The van der Waals surface area contributed by atoms with Crippen molar-refractivity contribution in [1.82, 2.24) is 20.5 Å². The molecule has 0 aliphatic carbocycles. The topological polar surface area (TPSA) is 111 Å². The summed E-state index contributed by atoms with van der Waals surface area (Å²) in [5.41, 5.74) is 2.27. The van der Waals surface area contributed by atoms with Crippen LogP contribution in [0, 0.1) is 11.5 Å². The molecule has 0 bridgehead atoms. The Balaban J connectivity index is 1.21. The Bertz CT molecular complexity index is 1370. The molecule has 0 spiro atoms. The second-order valence-electron chi connectivity index (χ2n) is 9.13. The standard InChI is InChI=1S/C27H24N6O3S/c28-16-32-14-11-17(12-15-32)30-25(34)24-23-22-21(10-13-29-26(22)37-24)33(27(35)31-23)18-6-8-20(9-7-18)36-19-4-2-1-3-5-19/h1-10,13,17,23-24H,11-12,14-15H2,(H,30,34)(H,31,35). The van der Waals surface area contributed by atoms with E-state index >= 15 is 0 Å². The number of thioether (sulfide) groups is 1. The second-order valence-corrected chi connectivity index (χ2v) is 10.3. The molecule has 3 aliphatic rings. The number of ether oxygens (including phenoxy) is 1. The number of para-hydroxylation sites is 1. The molecule has 186 valence electrons. The Hall–Kier alpha value is -4.23. The fourth-order valence-corrected chi connectivity index (χ4v) is 6.21. The van der Waals surface area contributed by atoms with Gasteiger partial charge in [0.25, 0.3) is 0 Å². The minimum atomic E-state index is -0.509. The van der Waals surface area contributed by atoms with Gasteiger partial charge in [-0.05, 0) is 55.3 Å². The fraction of sp³-hybridized carbons (Fsp3) is 0.259. The van der Waals surface area contributed by atoms with Gasteiger partial charge in [0.2, 0.25) is 5.91 Å². The third-order valence-corrected chi connectivity index (χ3v) is 8.11. The van der Waals surface area contributed by atoms with Crippen LogP contribution < -0.4 is 20.3 Å². The van der Waals surface area contributed by atoms with Gasteiger partial charge in [0, 0.05) is 30.9 Å². The Kier molecular flexibility index (Phi) is 6.06. The van der Waals surface area contributed by atoms with Gasteiger partial charge in [0.1, 0.15) is 21.8 Å². The number of pyridine rings is 1. The maximum Gasteiger partial charge on any atom is 0.327 e. The number of carbonyl (C=O) groups is 2. The first-order valence-electron chi connectivity index (χ1n) is 12.1. The van der Waals surface area contributed by atoms with Crippen molar-refractivity contribution in [3.63, 3.8) is 0 Å². The summed E-state index contributed by atoms with van der Waals surface area (Å²) in [6.07, 6.45) is 5.28. The van der Waals surface area contributed by atoms with Gasteiger partial charge in [-0.25, -0.2) is 9.78 Å². The molecule has 2 unspecified atom stereocenters. The summed E-state index contributed by atoms with van der Waals surface area (Å²) in [6.45, 7) is 1.27. The number of nitrogens with zero attached hydrogens (tertiary/aromatic N) is 4. The Morgan fingerprint density at radius 1 is 1.08 bits per heavy atom. The van der Waals surface area contributed by atoms with Crippen molar-refractivity contribution in [2.45, 2.75) is 35.2 Å². The molecule has 2 N–H and O–H groups in total. The van der Waals surface area contributed by atoms with Crippen LogP contribution in [0.2, 0.25) is 0 Å². The van der Waals surface area contributed by atoms with E-state index in [0.717, 1.165) is 34.9 Å². The van der Waals surface area contributed by atoms with Gasteiger partial charge >= 0.3 is 6.03 Å². The SMILES string of the molecule is N#CN1CCC(NC(=O)C2Sc3nccc4c3C2NC(=O)N4c2ccc(Oc3ccccc3)cc2)CC1. The lowest BCUT2D eigenvalue weighted by molar-refractivity contribution is -0.121. The Morgan fingerprint density at radius 3 is 2.54 bits per heavy atom. The van der Waals surface area contributed by atoms with E-state index in [1.54, 1.807) is 16.0 Å². The molecule has 2 aromatic carbocycles. The third kappa shape index (κ3) is 4.42. The monoisotopic (exact) mass is 512 g/mol. The zero-order valence-electron chi connectivity index (χ0n) is 19.8. The molecule has 6 rings (SSSR count). The lowest BCUT2D eigenvalue weighted by Gasteiger charge is -2.35. The number of benzene rings is 2. The molecule has 10 heteroatoms. The van der Waals surface area contributed by atoms with E-state index in [1.165, 1.54) is 11.8 Å². The van der Waals surface area contributed by atoms with E-state index in [1.807, 2.05) is 60.7 Å². The molecule has 3 aliphatic heterocycles. The van der Waals surface area contributed by atoms with Crippen molar-refractivity contribution in [2.24, 2.45) is 0 Å². The number of hydrogen-bond donors (Lipinski definition) is 2. The van der Waals surface area contributed by atoms with Crippen LogP contribution in [0.3, 0.4) is 0 Å². The number of piperidine rings is 1. The largest absolute Gasteiger partial charge is 0.457 e. The van der Waals surface area contributed by atoms with E-state index in [0.29, 0.717) is 24.5 Å². The van der Waals surface area contributed by atoms with Crippen LogP contribution in [-0.2, 0) is 4.79 Å². The van der Waals surface area contributed by atoms with Crippen molar-refractivity contribution in [3.8, 4) is 17.7 Å². The molecule has 37 heavy (non-hydrogen) atoms. The summed E-state index contributed by atoms with van der Waals surface area (Å²) >= 11 is 1.38. The second kappa shape index (κ2) is 9.67. The number of hydrogen-bond acceptors (Lipinski definition) is 7.